The van der Waals surface area contributed by atoms with Crippen molar-refractivity contribution < 1.29 is 34.7 Å². The summed E-state index contributed by atoms with van der Waals surface area (Å²) in [5.41, 5.74) is -4.85. The summed E-state index contributed by atoms with van der Waals surface area (Å²) < 4.78 is 12.0. The van der Waals surface area contributed by atoms with Crippen molar-refractivity contribution in [3.63, 3.8) is 0 Å². The van der Waals surface area contributed by atoms with Crippen molar-refractivity contribution in [2.24, 2.45) is 0 Å². The monoisotopic (exact) mass is 696 g/mol. The van der Waals surface area contributed by atoms with Crippen molar-refractivity contribution in [3.05, 3.63) is 81.2 Å². The molecular formula is C35H28N4O12. The molecule has 5 aromatic carbocycles. The van der Waals surface area contributed by atoms with Crippen molar-refractivity contribution >= 4 is 65.8 Å². The van der Waals surface area contributed by atoms with E-state index in [1.807, 2.05) is 0 Å². The van der Waals surface area contributed by atoms with E-state index in [1.54, 1.807) is 11.9 Å². The number of carbonyl (C=O) groups is 1. The molecule has 2 heterocycles. The number of fused-ring (bicyclic) bond motifs is 6. The van der Waals surface area contributed by atoms with E-state index in [0.29, 0.717) is 0 Å². The largest absolute Gasteiger partial charge is 0.508 e. The van der Waals surface area contributed by atoms with Crippen LogP contribution in [0.3, 0.4) is 0 Å². The van der Waals surface area contributed by atoms with Crippen molar-refractivity contribution in [1.82, 2.24) is 14.8 Å². The van der Waals surface area contributed by atoms with Crippen LogP contribution >= 0.6 is 0 Å². The minimum Gasteiger partial charge on any atom is -0.508 e. The van der Waals surface area contributed by atoms with Gasteiger partial charge in [-0.1, -0.05) is 0 Å². The van der Waals surface area contributed by atoms with Crippen LogP contribution in [-0.4, -0.2) is 75.7 Å². The van der Waals surface area contributed by atoms with Crippen LogP contribution in [0, 0.1) is 12.3 Å². The van der Waals surface area contributed by atoms with E-state index < -0.39 is 89.5 Å². The highest BCUT2D eigenvalue weighted by Crippen LogP contribution is 2.47. The van der Waals surface area contributed by atoms with Crippen LogP contribution in [0.5, 0.6) is 28.7 Å². The van der Waals surface area contributed by atoms with Gasteiger partial charge in [0.25, 0.3) is 5.56 Å². The van der Waals surface area contributed by atoms with Gasteiger partial charge >= 0.3 is 5.97 Å². The number of guanidine groups is 1. The maximum atomic E-state index is 14.6. The molecule has 2 unspecified atom stereocenters. The molecule has 1 aromatic heterocycles. The number of ether oxygens (including phenoxy) is 2. The number of benzene rings is 5. The van der Waals surface area contributed by atoms with Crippen LogP contribution in [0.25, 0.3) is 53.9 Å². The number of methoxy groups -OCH3 is 2. The first-order valence-electron chi connectivity index (χ1n) is 15.4. The number of hydrogen-bond acceptors (Lipinski definition) is 12. The molecule has 0 bridgehead atoms. The maximum absolute atomic E-state index is 14.6. The Labute approximate surface area is 283 Å². The third-order valence-corrected chi connectivity index (χ3v) is 9.62. The maximum Gasteiger partial charge on any atom is 0.326 e. The lowest BCUT2D eigenvalue weighted by atomic mass is 9.91. The van der Waals surface area contributed by atoms with E-state index in [0.717, 1.165) is 29.9 Å². The average molecular weight is 697 g/mol. The summed E-state index contributed by atoms with van der Waals surface area (Å²) in [6.45, 7) is 1.69. The minimum atomic E-state index is -1.52. The number of aromatic hydroxyl groups is 3. The summed E-state index contributed by atoms with van der Waals surface area (Å²) in [5.74, 6) is -4.04. The van der Waals surface area contributed by atoms with Crippen molar-refractivity contribution in [3.8, 4) is 28.7 Å². The third-order valence-electron chi connectivity index (χ3n) is 9.62. The van der Waals surface area contributed by atoms with Gasteiger partial charge in [0.1, 0.15) is 23.3 Å². The molecule has 0 amide bonds. The van der Waals surface area contributed by atoms with E-state index in [-0.39, 0.29) is 63.0 Å². The van der Waals surface area contributed by atoms with Crippen LogP contribution < -0.4 is 42.1 Å². The Morgan fingerprint density at radius 3 is 2.04 bits per heavy atom. The molecule has 1 fully saturated rings. The number of nitrogens with zero attached hydrogens (tertiary/aromatic N) is 2. The lowest BCUT2D eigenvalue weighted by Crippen LogP contribution is -2.39. The number of phenols is 3. The van der Waals surface area contributed by atoms with Crippen molar-refractivity contribution in [2.45, 2.75) is 25.4 Å². The van der Waals surface area contributed by atoms with E-state index in [1.165, 1.54) is 20.1 Å². The number of rotatable bonds is 6. The molecule has 1 saturated heterocycles. The molecule has 16 heteroatoms. The molecule has 260 valence electrons. The van der Waals surface area contributed by atoms with Gasteiger partial charge < -0.3 is 40.1 Å². The van der Waals surface area contributed by atoms with Gasteiger partial charge in [0.05, 0.1) is 41.2 Å². The highest BCUT2D eigenvalue weighted by atomic mass is 16.5. The predicted molar refractivity (Wildman–Crippen MR) is 187 cm³/mol. The molecule has 7 rings (SSSR count). The third kappa shape index (κ3) is 4.42. The van der Waals surface area contributed by atoms with Gasteiger partial charge in [-0.05, 0) is 25.1 Å². The van der Waals surface area contributed by atoms with E-state index in [2.05, 4.69) is 5.32 Å². The molecule has 0 radical (unpaired) electrons. The van der Waals surface area contributed by atoms with Crippen LogP contribution in [0.15, 0.2) is 48.2 Å². The van der Waals surface area contributed by atoms with Crippen molar-refractivity contribution in [1.29, 1.82) is 5.41 Å². The molecule has 1 aliphatic rings. The fourth-order valence-electron chi connectivity index (χ4n) is 7.40. The summed E-state index contributed by atoms with van der Waals surface area (Å²) in [6, 6.07) is 2.07. The Kier molecular flexibility index (Phi) is 7.18. The van der Waals surface area contributed by atoms with Crippen LogP contribution in [0.2, 0.25) is 0 Å². The Hall–Kier alpha value is -6.71. The van der Waals surface area contributed by atoms with E-state index in [4.69, 9.17) is 14.9 Å². The second-order valence-corrected chi connectivity index (χ2v) is 12.5. The quantitative estimate of drug-likeness (QED) is 0.106. The number of aryl methyl sites for hydroxylation is 1. The van der Waals surface area contributed by atoms with Gasteiger partial charge in [-0.2, -0.15) is 0 Å². The Morgan fingerprint density at radius 1 is 0.824 bits per heavy atom. The number of hydrogen-bond donors (Lipinski definition) is 6. The summed E-state index contributed by atoms with van der Waals surface area (Å²) in [4.78, 5) is 84.8. The highest BCUT2D eigenvalue weighted by molar-refractivity contribution is 6.23. The zero-order valence-corrected chi connectivity index (χ0v) is 27.3. The summed E-state index contributed by atoms with van der Waals surface area (Å²) in [7, 11) is 3.98. The zero-order chi connectivity index (χ0) is 37.0. The SMILES string of the molecule is COc1c(OC)c2c(=O)c3cc(C)n(C(CC4CN(C)C(=N)N4)C(=O)O)c(=O)c3c(=O)c2c2cc3c(=O)c4cc(O)cc(O)c4c(=O)c3c(O)c12. The zero-order valence-electron chi connectivity index (χ0n) is 27.3. The first kappa shape index (κ1) is 32.8. The number of nitrogens with one attached hydrogen (secondary N) is 2. The molecule has 16 nitrogen and oxygen atoms in total. The number of carboxylic acid groups (broad SMARTS) is 1. The van der Waals surface area contributed by atoms with Gasteiger partial charge in [-0.25, -0.2) is 4.79 Å². The summed E-state index contributed by atoms with van der Waals surface area (Å²) in [5, 5.41) is 49.0. The number of pyridine rings is 1. The van der Waals surface area contributed by atoms with Crippen LogP contribution in [0.1, 0.15) is 18.2 Å². The van der Waals surface area contributed by atoms with Gasteiger partial charge in [0.15, 0.2) is 28.3 Å². The second-order valence-electron chi connectivity index (χ2n) is 12.5. The number of aliphatic carboxylic acids is 1. The normalized spacial score (nSPS) is 15.3. The summed E-state index contributed by atoms with van der Waals surface area (Å²) >= 11 is 0. The Balaban J connectivity index is 1.67. The first-order chi connectivity index (χ1) is 24.1. The Morgan fingerprint density at radius 2 is 1.43 bits per heavy atom. The fourth-order valence-corrected chi connectivity index (χ4v) is 7.40. The number of aromatic nitrogens is 1. The molecule has 6 N–H and O–H groups in total. The molecule has 51 heavy (non-hydrogen) atoms. The standard InChI is InChI=1S/C35H28N4O12/c1-11-5-15-24(33(47)39(11)18(34(48)49)6-12-10-38(2)35(36)37-12)29(45)21-14-9-17-22(28(44)20-16(26(17)42)7-13(40)8-19(20)41)30(46)23(14)31(50-3)32(51-4)25(21)27(15)43/h5,7-9,12,18,40-41,46H,6,10H2,1-4H3,(H2,36,37)(H,48,49). The minimum absolute atomic E-state index is 0.0601. The van der Waals surface area contributed by atoms with E-state index >= 15 is 0 Å². The number of likely N-dealkylation sites (N-methyl/N-ethyl adjacent to an activating group) is 1. The molecular weight excluding hydrogens is 668 g/mol. The number of phenolic OH excluding ortho intramolecular Hbond substituents is 3. The van der Waals surface area contributed by atoms with Crippen molar-refractivity contribution in [2.75, 3.05) is 27.8 Å². The smallest absolute Gasteiger partial charge is 0.326 e. The summed E-state index contributed by atoms with van der Waals surface area (Å²) in [6.07, 6.45) is -0.156. The van der Waals surface area contributed by atoms with Crippen LogP contribution in [-0.2, 0) is 4.79 Å². The predicted octanol–water partition coefficient (Wildman–Crippen LogP) is 1.23. The molecule has 1 aliphatic heterocycles. The number of carboxylic acids is 1. The van der Waals surface area contributed by atoms with Gasteiger partial charge in [0.2, 0.25) is 10.9 Å². The van der Waals surface area contributed by atoms with Crippen LogP contribution in [0.4, 0.5) is 0 Å². The van der Waals surface area contributed by atoms with Gasteiger partial charge in [0, 0.05) is 64.7 Å². The molecule has 6 aromatic rings. The molecule has 0 spiro atoms. The molecule has 2 atom stereocenters. The first-order valence-corrected chi connectivity index (χ1v) is 15.4. The lowest BCUT2D eigenvalue weighted by Gasteiger charge is -2.22. The highest BCUT2D eigenvalue weighted by Gasteiger charge is 2.34. The average Bonchev–Trinajstić information content (AvgIpc) is 3.39. The molecule has 0 aliphatic carbocycles. The fraction of sp³-hybridized carbons (Fsp3) is 0.229. The van der Waals surface area contributed by atoms with Gasteiger partial charge in [-0.15, -0.1) is 0 Å². The molecule has 0 saturated carbocycles. The Bertz CT molecular complexity index is 2890. The second kappa shape index (κ2) is 11.2. The lowest BCUT2D eigenvalue weighted by molar-refractivity contribution is -0.141. The van der Waals surface area contributed by atoms with Gasteiger partial charge in [-0.3, -0.25) is 33.9 Å². The van der Waals surface area contributed by atoms with E-state index in [9.17, 15) is 49.2 Å². The topological polar surface area (TPSA) is 246 Å².